The molecule has 0 atom stereocenters. The monoisotopic (exact) mass is 1760 g/mol. The molecule has 0 bridgehead atoms. The molecule has 0 saturated heterocycles. The number of hydrogen-bond acceptors (Lipinski definition) is 6. The van der Waals surface area contributed by atoms with Gasteiger partial charge in [0.25, 0.3) is 0 Å². The second kappa shape index (κ2) is 37.2. The van der Waals surface area contributed by atoms with Gasteiger partial charge in [-0.3, -0.25) is 0 Å². The highest BCUT2D eigenvalue weighted by atomic mass is 35.5. The van der Waals surface area contributed by atoms with Crippen molar-refractivity contribution in [3.8, 4) is 75.4 Å². The van der Waals surface area contributed by atoms with Gasteiger partial charge in [-0.15, -0.1) is 22.7 Å². The van der Waals surface area contributed by atoms with Crippen LogP contribution in [0.25, 0.3) is 141 Å². The summed E-state index contributed by atoms with van der Waals surface area (Å²) in [5, 5.41) is 14.2. The van der Waals surface area contributed by atoms with Gasteiger partial charge in [0.1, 0.15) is 0 Å². The fraction of sp³-hybridized carbons (Fsp3) is 0. The molecule has 0 radical (unpaired) electrons. The summed E-state index contributed by atoms with van der Waals surface area (Å²) in [5.41, 5.74) is 29.0. The molecule has 4 heterocycles. The zero-order valence-electron chi connectivity index (χ0n) is 72.6. The minimum absolute atomic E-state index is 0.753. The van der Waals surface area contributed by atoms with Gasteiger partial charge in [-0.2, -0.15) is 0 Å². The normalized spacial score (nSPS) is 11.2. The lowest BCUT2D eigenvalue weighted by Crippen LogP contribution is -2.12. The minimum Gasteiger partial charge on any atom is -0.355 e. The number of para-hydroxylation sites is 6. The molecule has 9 heteroatoms. The highest BCUT2D eigenvalue weighted by Gasteiger charge is 2.23. The van der Waals surface area contributed by atoms with Gasteiger partial charge in [0.15, 0.2) is 0 Å². The van der Waals surface area contributed by atoms with Crippen LogP contribution in [0.2, 0.25) is 5.02 Å². The van der Waals surface area contributed by atoms with Crippen molar-refractivity contribution in [2.24, 2.45) is 0 Å². The Bertz CT molecular complexity index is 8120. The van der Waals surface area contributed by atoms with Crippen LogP contribution < -0.4 is 20.0 Å². The number of nitrogens with zero attached hydrogens (tertiary/aromatic N) is 5. The Hall–Kier alpha value is -16.6. The summed E-state index contributed by atoms with van der Waals surface area (Å²) < 4.78 is 4.80. The fourth-order valence-electron chi connectivity index (χ4n) is 18.4. The molecule has 24 rings (SSSR count). The maximum atomic E-state index is 6.13. The van der Waals surface area contributed by atoms with E-state index in [2.05, 4.69) is 527 Å². The molecule has 0 spiro atoms. The van der Waals surface area contributed by atoms with Crippen LogP contribution in [0.3, 0.4) is 0 Å². The molecule has 0 aliphatic carbocycles. The van der Waals surface area contributed by atoms with Gasteiger partial charge in [-0.25, -0.2) is 0 Å². The number of hydrogen-bond donors (Lipinski definition) is 1. The molecule has 0 aliphatic rings. The number of anilines is 11. The molecule has 0 saturated carbocycles. The van der Waals surface area contributed by atoms with Crippen LogP contribution in [-0.4, -0.2) is 9.13 Å². The Labute approximate surface area is 787 Å². The van der Waals surface area contributed by atoms with Crippen molar-refractivity contribution < 1.29 is 0 Å². The van der Waals surface area contributed by atoms with E-state index in [1.54, 1.807) is 0 Å². The fourth-order valence-corrected chi connectivity index (χ4v) is 20.5. The zero-order valence-corrected chi connectivity index (χ0v) is 75.0. The first-order chi connectivity index (χ1) is 65.9. The third kappa shape index (κ3) is 17.0. The van der Waals surface area contributed by atoms with Gasteiger partial charge in [0.05, 0.1) is 27.8 Å². The maximum Gasteiger partial charge on any atom is 0.0541 e. The molecule has 0 aliphatic heterocycles. The van der Waals surface area contributed by atoms with Crippen LogP contribution in [0.15, 0.2) is 522 Å². The number of aromatic nitrogens is 2. The van der Waals surface area contributed by atoms with Crippen LogP contribution in [0, 0.1) is 0 Å². The van der Waals surface area contributed by atoms with Crippen LogP contribution in [0.4, 0.5) is 62.6 Å². The molecule has 6 nitrogen and oxygen atoms in total. The van der Waals surface area contributed by atoms with Gasteiger partial charge in [0.2, 0.25) is 0 Å². The Balaban J connectivity index is 0.000000129. The molecule has 24 aromatic rings. The van der Waals surface area contributed by atoms with Crippen molar-refractivity contribution in [3.05, 3.63) is 527 Å². The average molecular weight is 1760 g/mol. The SMILES string of the molecule is Clc1ccc(-c2ccc3c(c2)c2ccccc2n3-c2cccc(-c3ccc(-c4ccccc4)s3)c2)cc1.c1ccc(-c2ccc(-c3cccc(-n4c5ccccc5c5cc(-c6ccc(N(c7ccc(N(c8ccccc8)c8ccccc8)cc7)c7cccc8ccccc78)cc6)ccc54)c3)s2)cc1.c1ccc(N(c2ccccc2)c2ccc(Nc3cccc4ccccc34)cc2)cc1. The van der Waals surface area contributed by atoms with E-state index in [4.69, 9.17) is 11.6 Å². The highest BCUT2D eigenvalue weighted by molar-refractivity contribution is 7.19. The molecular weight excluding hydrogens is 1670 g/mol. The Morgan fingerprint density at radius 1 is 0.195 bits per heavy atom. The first kappa shape index (κ1) is 82.1. The van der Waals surface area contributed by atoms with E-state index in [0.717, 1.165) is 84.5 Å². The Morgan fingerprint density at radius 3 is 0.955 bits per heavy atom. The van der Waals surface area contributed by atoms with Crippen LogP contribution in [0.1, 0.15) is 0 Å². The predicted molar refractivity (Wildman–Crippen MR) is 570 cm³/mol. The van der Waals surface area contributed by atoms with Crippen LogP contribution >= 0.6 is 34.3 Å². The lowest BCUT2D eigenvalue weighted by molar-refractivity contribution is 1.18. The van der Waals surface area contributed by atoms with Gasteiger partial charge in [0, 0.05) is 125 Å². The van der Waals surface area contributed by atoms with E-state index < -0.39 is 0 Å². The number of nitrogens with one attached hydrogen (secondary N) is 1. The Morgan fingerprint density at radius 2 is 0.504 bits per heavy atom. The molecule has 632 valence electrons. The predicted octanol–water partition coefficient (Wildman–Crippen LogP) is 36.5. The van der Waals surface area contributed by atoms with Crippen molar-refractivity contribution >= 4 is 162 Å². The van der Waals surface area contributed by atoms with E-state index in [9.17, 15) is 0 Å². The summed E-state index contributed by atoms with van der Waals surface area (Å²) in [6.45, 7) is 0. The van der Waals surface area contributed by atoms with E-state index in [1.807, 2.05) is 46.9 Å². The summed E-state index contributed by atoms with van der Waals surface area (Å²) in [4.78, 5) is 12.0. The van der Waals surface area contributed by atoms with Crippen molar-refractivity contribution in [3.63, 3.8) is 0 Å². The zero-order chi connectivity index (χ0) is 88.8. The second-order valence-corrected chi connectivity index (χ2v) is 35.5. The number of halogens is 1. The van der Waals surface area contributed by atoms with Crippen molar-refractivity contribution in [2.75, 3.05) is 20.0 Å². The number of thiophene rings is 2. The quantitative estimate of drug-likeness (QED) is 0.0874. The van der Waals surface area contributed by atoms with Gasteiger partial charge in [-0.1, -0.05) is 315 Å². The Kier molecular flexibility index (Phi) is 23.0. The summed E-state index contributed by atoms with van der Waals surface area (Å²) in [7, 11) is 0. The highest BCUT2D eigenvalue weighted by Crippen LogP contribution is 2.47. The van der Waals surface area contributed by atoms with E-state index in [0.29, 0.717) is 0 Å². The van der Waals surface area contributed by atoms with Crippen LogP contribution in [-0.2, 0) is 0 Å². The summed E-state index contributed by atoms with van der Waals surface area (Å²) in [6.07, 6.45) is 0. The topological polar surface area (TPSA) is 31.6 Å². The summed E-state index contributed by atoms with van der Waals surface area (Å²) in [6, 6.07) is 186. The maximum absolute atomic E-state index is 6.13. The third-order valence-electron chi connectivity index (χ3n) is 24.7. The van der Waals surface area contributed by atoms with Gasteiger partial charge >= 0.3 is 0 Å². The average Bonchev–Trinajstić information content (AvgIpc) is 1.60. The van der Waals surface area contributed by atoms with Crippen LogP contribution in [0.5, 0.6) is 0 Å². The first-order valence-electron chi connectivity index (χ1n) is 44.8. The molecule has 20 aromatic carbocycles. The number of rotatable bonds is 19. The van der Waals surface area contributed by atoms with Crippen molar-refractivity contribution in [2.45, 2.75) is 0 Å². The molecule has 0 fully saturated rings. The second-order valence-electron chi connectivity index (χ2n) is 32.9. The smallest absolute Gasteiger partial charge is 0.0541 e. The number of benzene rings is 20. The standard InChI is InChI=1S/C62H43N3S.C34H22ClNS.C28H22N2/c1-4-17-46(18-5-1)61-40-41-62(66-61)48-20-14-25-54(42-48)65-59-28-13-12-27-56(59)57-43-47(32-39-60(57)65)44-30-33-52(34-31-44)64(58-29-15-19-45-16-10-11-26-55(45)58)53-37-35-51(36-38-53)63(49-21-6-2-7-22-49)50-23-8-3-9-24-50;35-27-16-13-23(14-17-27)25-15-18-32-30(22-25)29-11-4-5-12-31(29)36(32)28-10-6-9-26(21-28)34-20-19-33(37-34)24-7-2-1-3-8-24;1-3-12-24(13-4-1)30(25-14-5-2-6-15-25)26-20-18-23(19-21-26)29-28-17-9-11-22-10-7-8-16-27(22)28/h1-43H;1-22H;1-21,29H. The molecule has 1 N–H and O–H groups in total. The molecule has 133 heavy (non-hydrogen) atoms. The van der Waals surface area contributed by atoms with Crippen molar-refractivity contribution in [1.82, 2.24) is 9.13 Å². The molecular formula is C124H87ClN6S2. The molecule has 0 unspecified atom stereocenters. The van der Waals surface area contributed by atoms with Gasteiger partial charge < -0.3 is 29.2 Å². The minimum atomic E-state index is 0.753. The van der Waals surface area contributed by atoms with E-state index in [-0.39, 0.29) is 0 Å². The van der Waals surface area contributed by atoms with E-state index >= 15 is 0 Å². The number of fused-ring (bicyclic) bond motifs is 8. The van der Waals surface area contributed by atoms with E-state index in [1.165, 1.54) is 124 Å². The first-order valence-corrected chi connectivity index (χ1v) is 46.9. The third-order valence-corrected chi connectivity index (χ3v) is 27.3. The largest absolute Gasteiger partial charge is 0.355 e. The lowest BCUT2D eigenvalue weighted by atomic mass is 10.0. The van der Waals surface area contributed by atoms with Gasteiger partial charge in [-0.05, 0) is 274 Å². The molecule has 4 aromatic heterocycles. The lowest BCUT2D eigenvalue weighted by Gasteiger charge is -2.29. The summed E-state index contributed by atoms with van der Waals surface area (Å²) in [5.74, 6) is 0. The van der Waals surface area contributed by atoms with Crippen molar-refractivity contribution in [1.29, 1.82) is 0 Å². The molecule has 0 amide bonds. The summed E-state index contributed by atoms with van der Waals surface area (Å²) >= 11 is 9.80.